The Morgan fingerprint density at radius 1 is 1.04 bits per heavy atom. The van der Waals surface area contributed by atoms with Gasteiger partial charge < -0.3 is 19.9 Å². The third kappa shape index (κ3) is 6.30. The number of rotatable bonds is 9. The number of hydrogen-bond donors (Lipinski definition) is 1. The number of methoxy groups -OCH3 is 1. The van der Waals surface area contributed by atoms with Gasteiger partial charge in [0.25, 0.3) is 0 Å². The lowest BCUT2D eigenvalue weighted by Gasteiger charge is -2.22. The Kier molecular flexibility index (Phi) is 7.87. The molecule has 0 aromatic heterocycles. The van der Waals surface area contributed by atoms with Crippen LogP contribution in [0.1, 0.15) is 18.9 Å². The maximum atomic E-state index is 12.2. The van der Waals surface area contributed by atoms with Crippen LogP contribution in [0.2, 0.25) is 0 Å². The fraction of sp³-hybridized carbons (Fsp3) is 0.364. The molecule has 0 atom stereocenters. The number of anilines is 2. The van der Waals surface area contributed by atoms with Crippen LogP contribution in [0.4, 0.5) is 11.4 Å². The van der Waals surface area contributed by atoms with Crippen molar-refractivity contribution in [1.29, 1.82) is 0 Å². The molecule has 0 aliphatic carbocycles. The molecule has 0 bridgehead atoms. The summed E-state index contributed by atoms with van der Waals surface area (Å²) in [4.78, 5) is 27.8. The molecule has 0 saturated carbocycles. The summed E-state index contributed by atoms with van der Waals surface area (Å²) in [6, 6.07) is 15.5. The number of ether oxygens (including phenoxy) is 1. The van der Waals surface area contributed by atoms with Crippen molar-refractivity contribution in [2.24, 2.45) is 0 Å². The first-order valence-corrected chi connectivity index (χ1v) is 9.36. The summed E-state index contributed by atoms with van der Waals surface area (Å²) in [6.45, 7) is 2.41. The van der Waals surface area contributed by atoms with Gasteiger partial charge in [0, 0.05) is 51.9 Å². The molecule has 28 heavy (non-hydrogen) atoms. The van der Waals surface area contributed by atoms with E-state index in [9.17, 15) is 9.59 Å². The van der Waals surface area contributed by atoms with Gasteiger partial charge in [-0.3, -0.25) is 9.59 Å². The Balaban J connectivity index is 1.83. The maximum absolute atomic E-state index is 12.2. The fourth-order valence-electron chi connectivity index (χ4n) is 2.88. The Bertz CT molecular complexity index is 788. The molecule has 2 aromatic carbocycles. The van der Waals surface area contributed by atoms with Gasteiger partial charge in [-0.15, -0.1) is 0 Å². The molecule has 0 saturated heterocycles. The number of benzene rings is 2. The molecule has 2 aromatic rings. The number of nitrogens with zero attached hydrogens (tertiary/aromatic N) is 2. The highest BCUT2D eigenvalue weighted by molar-refractivity contribution is 5.92. The first kappa shape index (κ1) is 21.3. The zero-order chi connectivity index (χ0) is 20.5. The quantitative estimate of drug-likeness (QED) is 0.723. The van der Waals surface area contributed by atoms with E-state index in [2.05, 4.69) is 5.32 Å². The van der Waals surface area contributed by atoms with Gasteiger partial charge in [0.2, 0.25) is 11.8 Å². The monoisotopic (exact) mass is 383 g/mol. The van der Waals surface area contributed by atoms with Gasteiger partial charge in [0.1, 0.15) is 5.75 Å². The largest absolute Gasteiger partial charge is 0.497 e. The van der Waals surface area contributed by atoms with Gasteiger partial charge in [-0.2, -0.15) is 0 Å². The van der Waals surface area contributed by atoms with Crippen molar-refractivity contribution in [2.75, 3.05) is 44.1 Å². The van der Waals surface area contributed by atoms with Crippen LogP contribution in [0.15, 0.2) is 48.5 Å². The second-order valence-electron chi connectivity index (χ2n) is 6.78. The lowest BCUT2D eigenvalue weighted by Crippen LogP contribution is -2.34. The topological polar surface area (TPSA) is 61.9 Å². The third-order valence-corrected chi connectivity index (χ3v) is 4.49. The molecule has 0 aliphatic heterocycles. The van der Waals surface area contributed by atoms with E-state index >= 15 is 0 Å². The van der Waals surface area contributed by atoms with Crippen LogP contribution in [0.5, 0.6) is 5.75 Å². The van der Waals surface area contributed by atoms with E-state index < -0.39 is 0 Å². The van der Waals surface area contributed by atoms with E-state index in [0.717, 1.165) is 29.1 Å². The Morgan fingerprint density at radius 3 is 2.32 bits per heavy atom. The Labute approximate surface area is 167 Å². The van der Waals surface area contributed by atoms with Gasteiger partial charge in [-0.05, 0) is 48.4 Å². The molecule has 6 nitrogen and oxygen atoms in total. The molecule has 0 aliphatic rings. The minimum Gasteiger partial charge on any atom is -0.497 e. The van der Waals surface area contributed by atoms with Crippen LogP contribution >= 0.6 is 0 Å². The molecule has 6 heteroatoms. The van der Waals surface area contributed by atoms with E-state index in [1.54, 1.807) is 12.0 Å². The van der Waals surface area contributed by atoms with Crippen molar-refractivity contribution in [1.82, 2.24) is 5.32 Å². The van der Waals surface area contributed by atoms with Gasteiger partial charge in [-0.25, -0.2) is 0 Å². The minimum absolute atomic E-state index is 0.0703. The number of carbonyl (C=O) groups excluding carboxylic acids is 2. The zero-order valence-electron chi connectivity index (χ0n) is 17.1. The molecule has 0 unspecified atom stereocenters. The van der Waals surface area contributed by atoms with Crippen molar-refractivity contribution in [2.45, 2.75) is 19.8 Å². The normalized spacial score (nSPS) is 10.3. The zero-order valence-corrected chi connectivity index (χ0v) is 17.1. The number of carbonyl (C=O) groups is 2. The van der Waals surface area contributed by atoms with Gasteiger partial charge in [0.15, 0.2) is 0 Å². The first-order chi connectivity index (χ1) is 13.4. The molecule has 150 valence electrons. The van der Waals surface area contributed by atoms with Crippen LogP contribution < -0.4 is 19.9 Å². The summed E-state index contributed by atoms with van der Waals surface area (Å²) in [5, 5.41) is 2.91. The van der Waals surface area contributed by atoms with Crippen molar-refractivity contribution in [3.05, 3.63) is 54.1 Å². The first-order valence-electron chi connectivity index (χ1n) is 9.36. The van der Waals surface area contributed by atoms with Crippen LogP contribution in [0.25, 0.3) is 0 Å². The van der Waals surface area contributed by atoms with Crippen molar-refractivity contribution >= 4 is 23.2 Å². The SMILES string of the molecule is COc1cccc(CCNC(=O)CCN(C(C)=O)c2ccc(N(C)C)cc2)c1. The number of hydrogen-bond acceptors (Lipinski definition) is 4. The van der Waals surface area contributed by atoms with E-state index in [1.165, 1.54) is 6.92 Å². The highest BCUT2D eigenvalue weighted by atomic mass is 16.5. The van der Waals surface area contributed by atoms with Gasteiger partial charge >= 0.3 is 0 Å². The highest BCUT2D eigenvalue weighted by Crippen LogP contribution is 2.20. The van der Waals surface area contributed by atoms with Crippen molar-refractivity contribution in [3.63, 3.8) is 0 Å². The summed E-state index contributed by atoms with van der Waals surface area (Å²) in [6.07, 6.45) is 0.985. The lowest BCUT2D eigenvalue weighted by atomic mass is 10.1. The standard InChI is InChI=1S/C22H29N3O3/c1-17(26)25(20-10-8-19(9-11-20)24(2)3)15-13-22(27)23-14-12-18-6-5-7-21(16-18)28-4/h5-11,16H,12-15H2,1-4H3,(H,23,27). The molecule has 1 N–H and O–H groups in total. The van der Waals surface area contributed by atoms with Crippen molar-refractivity contribution in [3.8, 4) is 5.75 Å². The summed E-state index contributed by atoms with van der Waals surface area (Å²) in [5.74, 6) is 0.655. The highest BCUT2D eigenvalue weighted by Gasteiger charge is 2.13. The van der Waals surface area contributed by atoms with E-state index in [1.807, 2.05) is 67.5 Å². The summed E-state index contributed by atoms with van der Waals surface area (Å²) >= 11 is 0. The van der Waals surface area contributed by atoms with Crippen LogP contribution in [0.3, 0.4) is 0 Å². The molecule has 0 radical (unpaired) electrons. The van der Waals surface area contributed by atoms with Crippen LogP contribution in [0, 0.1) is 0 Å². The fourth-order valence-corrected chi connectivity index (χ4v) is 2.88. The average molecular weight is 383 g/mol. The molecular weight excluding hydrogens is 354 g/mol. The molecule has 0 heterocycles. The Morgan fingerprint density at radius 2 is 1.71 bits per heavy atom. The average Bonchev–Trinajstić information content (AvgIpc) is 2.68. The molecule has 0 spiro atoms. The van der Waals surface area contributed by atoms with Crippen LogP contribution in [-0.2, 0) is 16.0 Å². The number of nitrogens with one attached hydrogen (secondary N) is 1. The summed E-state index contributed by atoms with van der Waals surface area (Å²) < 4.78 is 5.20. The second-order valence-corrected chi connectivity index (χ2v) is 6.78. The predicted molar refractivity (Wildman–Crippen MR) is 113 cm³/mol. The second kappa shape index (κ2) is 10.3. The van der Waals surface area contributed by atoms with E-state index in [0.29, 0.717) is 13.1 Å². The third-order valence-electron chi connectivity index (χ3n) is 4.49. The van der Waals surface area contributed by atoms with Crippen LogP contribution in [-0.4, -0.2) is 46.1 Å². The lowest BCUT2D eigenvalue weighted by molar-refractivity contribution is -0.121. The number of amides is 2. The summed E-state index contributed by atoms with van der Waals surface area (Å²) in [5.41, 5.74) is 2.95. The summed E-state index contributed by atoms with van der Waals surface area (Å²) in [7, 11) is 5.57. The molecule has 2 amide bonds. The molecular formula is C22H29N3O3. The smallest absolute Gasteiger partial charge is 0.223 e. The maximum Gasteiger partial charge on any atom is 0.223 e. The molecule has 0 fully saturated rings. The van der Waals surface area contributed by atoms with E-state index in [4.69, 9.17) is 4.74 Å². The van der Waals surface area contributed by atoms with Gasteiger partial charge in [-0.1, -0.05) is 12.1 Å². The van der Waals surface area contributed by atoms with Crippen molar-refractivity contribution < 1.29 is 14.3 Å². The van der Waals surface area contributed by atoms with E-state index in [-0.39, 0.29) is 18.2 Å². The minimum atomic E-state index is -0.0817. The Hall–Kier alpha value is -3.02. The molecule has 2 rings (SSSR count). The predicted octanol–water partition coefficient (Wildman–Crippen LogP) is 2.86. The van der Waals surface area contributed by atoms with Gasteiger partial charge in [0.05, 0.1) is 7.11 Å².